The van der Waals surface area contributed by atoms with Crippen LogP contribution in [0.1, 0.15) is 64.7 Å². The van der Waals surface area contributed by atoms with Crippen LogP contribution in [0.4, 0.5) is 0 Å². The zero-order valence-corrected chi connectivity index (χ0v) is 10.7. The third-order valence-corrected chi connectivity index (χ3v) is 3.25. The van der Waals surface area contributed by atoms with Gasteiger partial charge in [0.05, 0.1) is 0 Å². The summed E-state index contributed by atoms with van der Waals surface area (Å²) < 4.78 is 0. The van der Waals surface area contributed by atoms with Crippen molar-refractivity contribution >= 4 is 5.96 Å². The molecule has 1 aliphatic rings. The first-order valence-corrected chi connectivity index (χ1v) is 6.89. The molecule has 3 nitrogen and oxygen atoms in total. The van der Waals surface area contributed by atoms with Gasteiger partial charge in [0.15, 0.2) is 5.96 Å². The molecule has 0 aromatic rings. The number of nitrogens with zero attached hydrogens (tertiary/aromatic N) is 1. The Morgan fingerprint density at radius 1 is 1.19 bits per heavy atom. The topological polar surface area (TPSA) is 50.4 Å². The van der Waals surface area contributed by atoms with E-state index < -0.39 is 0 Å². The summed E-state index contributed by atoms with van der Waals surface area (Å²) in [5, 5.41) is 3.34. The summed E-state index contributed by atoms with van der Waals surface area (Å²) in [6, 6.07) is 0.577. The van der Waals surface area contributed by atoms with E-state index in [9.17, 15) is 0 Å². The largest absolute Gasteiger partial charge is 0.370 e. The Bertz CT molecular complexity index is 195. The van der Waals surface area contributed by atoms with Crippen molar-refractivity contribution in [3.63, 3.8) is 0 Å². The Kier molecular flexibility index (Phi) is 7.02. The van der Waals surface area contributed by atoms with Gasteiger partial charge in [0, 0.05) is 12.6 Å². The lowest BCUT2D eigenvalue weighted by atomic mass is 9.96. The van der Waals surface area contributed by atoms with E-state index in [-0.39, 0.29) is 0 Å². The second-order valence-corrected chi connectivity index (χ2v) is 4.81. The summed E-state index contributed by atoms with van der Waals surface area (Å²) in [6.07, 6.45) is 11.6. The fraction of sp³-hybridized carbons (Fsp3) is 0.923. The Morgan fingerprint density at radius 3 is 2.62 bits per heavy atom. The summed E-state index contributed by atoms with van der Waals surface area (Å²) in [6.45, 7) is 3.10. The molecule has 1 aliphatic carbocycles. The average Bonchev–Trinajstić information content (AvgIpc) is 2.30. The van der Waals surface area contributed by atoms with Crippen LogP contribution in [-0.2, 0) is 0 Å². The van der Waals surface area contributed by atoms with E-state index >= 15 is 0 Å². The minimum atomic E-state index is 0.577. The first kappa shape index (κ1) is 13.3. The van der Waals surface area contributed by atoms with E-state index in [2.05, 4.69) is 17.2 Å². The minimum absolute atomic E-state index is 0.577. The van der Waals surface area contributed by atoms with Crippen LogP contribution < -0.4 is 11.1 Å². The predicted octanol–water partition coefficient (Wildman–Crippen LogP) is 2.80. The van der Waals surface area contributed by atoms with Gasteiger partial charge in [-0.25, -0.2) is 0 Å². The highest BCUT2D eigenvalue weighted by molar-refractivity contribution is 5.78. The van der Waals surface area contributed by atoms with E-state index in [0.717, 1.165) is 6.54 Å². The van der Waals surface area contributed by atoms with Crippen molar-refractivity contribution in [3.8, 4) is 0 Å². The molecule has 0 saturated heterocycles. The van der Waals surface area contributed by atoms with Crippen LogP contribution in [0.3, 0.4) is 0 Å². The van der Waals surface area contributed by atoms with Crippen molar-refractivity contribution in [2.75, 3.05) is 6.54 Å². The van der Waals surface area contributed by atoms with E-state index in [1.807, 2.05) is 0 Å². The van der Waals surface area contributed by atoms with Crippen molar-refractivity contribution in [2.24, 2.45) is 10.7 Å². The summed E-state index contributed by atoms with van der Waals surface area (Å²) in [5.74, 6) is 0.656. The van der Waals surface area contributed by atoms with E-state index in [1.54, 1.807) is 0 Å². The van der Waals surface area contributed by atoms with Gasteiger partial charge in [-0.2, -0.15) is 0 Å². The highest BCUT2D eigenvalue weighted by atomic mass is 15.1. The molecule has 0 bridgehead atoms. The molecule has 3 heteroatoms. The lowest BCUT2D eigenvalue weighted by molar-refractivity contribution is 0.412. The molecule has 0 aromatic carbocycles. The predicted molar refractivity (Wildman–Crippen MR) is 70.6 cm³/mol. The Morgan fingerprint density at radius 2 is 1.94 bits per heavy atom. The second kappa shape index (κ2) is 8.43. The normalized spacial score (nSPS) is 18.7. The molecule has 0 spiro atoms. The molecule has 0 atom stereocenters. The number of hydrogen-bond donors (Lipinski definition) is 2. The SMILES string of the molecule is CCCCCCN=C(N)NC1CCCCC1. The van der Waals surface area contributed by atoms with Gasteiger partial charge in [0.2, 0.25) is 0 Å². The summed E-state index contributed by atoms with van der Waals surface area (Å²) in [7, 11) is 0. The number of guanidine groups is 1. The standard InChI is InChI=1S/C13H27N3/c1-2-3-4-8-11-15-13(14)16-12-9-6-5-7-10-12/h12H,2-11H2,1H3,(H3,14,15,16). The molecule has 16 heavy (non-hydrogen) atoms. The first-order chi connectivity index (χ1) is 7.83. The van der Waals surface area contributed by atoms with Crippen molar-refractivity contribution in [1.82, 2.24) is 5.32 Å². The smallest absolute Gasteiger partial charge is 0.188 e. The molecule has 0 unspecified atom stereocenters. The van der Waals surface area contributed by atoms with Gasteiger partial charge in [-0.1, -0.05) is 45.4 Å². The third-order valence-electron chi connectivity index (χ3n) is 3.25. The van der Waals surface area contributed by atoms with Crippen LogP contribution in [0.2, 0.25) is 0 Å². The fourth-order valence-corrected chi connectivity index (χ4v) is 2.24. The van der Waals surface area contributed by atoms with E-state index in [0.29, 0.717) is 12.0 Å². The van der Waals surface area contributed by atoms with Crippen molar-refractivity contribution in [1.29, 1.82) is 0 Å². The molecule has 3 N–H and O–H groups in total. The molecular formula is C13H27N3. The summed E-state index contributed by atoms with van der Waals surface area (Å²) >= 11 is 0. The van der Waals surface area contributed by atoms with Crippen molar-refractivity contribution in [2.45, 2.75) is 70.8 Å². The quantitative estimate of drug-likeness (QED) is 0.415. The Hall–Kier alpha value is -0.730. The maximum atomic E-state index is 5.86. The number of unbranched alkanes of at least 4 members (excludes halogenated alkanes) is 3. The molecule has 94 valence electrons. The van der Waals surface area contributed by atoms with Crippen LogP contribution in [0.25, 0.3) is 0 Å². The second-order valence-electron chi connectivity index (χ2n) is 4.81. The first-order valence-electron chi connectivity index (χ1n) is 6.89. The lowest BCUT2D eigenvalue weighted by Crippen LogP contribution is -2.41. The van der Waals surface area contributed by atoms with Gasteiger partial charge in [0.25, 0.3) is 0 Å². The minimum Gasteiger partial charge on any atom is -0.370 e. The Balaban J connectivity index is 2.07. The maximum Gasteiger partial charge on any atom is 0.188 e. The number of nitrogens with one attached hydrogen (secondary N) is 1. The molecule has 1 saturated carbocycles. The average molecular weight is 225 g/mol. The van der Waals surface area contributed by atoms with Gasteiger partial charge in [-0.3, -0.25) is 4.99 Å². The zero-order valence-electron chi connectivity index (χ0n) is 10.7. The zero-order chi connectivity index (χ0) is 11.6. The molecule has 0 radical (unpaired) electrons. The van der Waals surface area contributed by atoms with Crippen LogP contribution in [0, 0.1) is 0 Å². The molecule has 0 aromatic heterocycles. The van der Waals surface area contributed by atoms with Crippen LogP contribution in [0.15, 0.2) is 4.99 Å². The molecule has 1 fully saturated rings. The van der Waals surface area contributed by atoms with Gasteiger partial charge in [-0.15, -0.1) is 0 Å². The molecule has 0 aliphatic heterocycles. The molecule has 1 rings (SSSR count). The fourth-order valence-electron chi connectivity index (χ4n) is 2.24. The maximum absolute atomic E-state index is 5.86. The summed E-state index contributed by atoms with van der Waals surface area (Å²) in [5.41, 5.74) is 5.86. The van der Waals surface area contributed by atoms with Gasteiger partial charge in [-0.05, 0) is 19.3 Å². The van der Waals surface area contributed by atoms with Crippen molar-refractivity contribution < 1.29 is 0 Å². The van der Waals surface area contributed by atoms with Gasteiger partial charge in [0.1, 0.15) is 0 Å². The Labute approximate surface area is 99.9 Å². The van der Waals surface area contributed by atoms with Crippen LogP contribution in [0.5, 0.6) is 0 Å². The van der Waals surface area contributed by atoms with Crippen LogP contribution >= 0.6 is 0 Å². The molecule has 0 heterocycles. The number of nitrogens with two attached hydrogens (primary N) is 1. The van der Waals surface area contributed by atoms with E-state index in [1.165, 1.54) is 57.8 Å². The lowest BCUT2D eigenvalue weighted by Gasteiger charge is -2.23. The summed E-state index contributed by atoms with van der Waals surface area (Å²) in [4.78, 5) is 4.37. The van der Waals surface area contributed by atoms with E-state index in [4.69, 9.17) is 5.73 Å². The molecular weight excluding hydrogens is 198 g/mol. The van der Waals surface area contributed by atoms with Gasteiger partial charge >= 0.3 is 0 Å². The van der Waals surface area contributed by atoms with Gasteiger partial charge < -0.3 is 11.1 Å². The van der Waals surface area contributed by atoms with Crippen LogP contribution in [-0.4, -0.2) is 18.5 Å². The number of rotatable bonds is 6. The number of hydrogen-bond acceptors (Lipinski definition) is 1. The highest BCUT2D eigenvalue weighted by Crippen LogP contribution is 2.16. The van der Waals surface area contributed by atoms with Crippen molar-refractivity contribution in [3.05, 3.63) is 0 Å². The molecule has 0 amide bonds. The monoisotopic (exact) mass is 225 g/mol. The number of aliphatic imine (C=N–C) groups is 1. The third kappa shape index (κ3) is 5.99. The highest BCUT2D eigenvalue weighted by Gasteiger charge is 2.12.